The fraction of sp³-hybridized carbons (Fsp3) is 0.615. The van der Waals surface area contributed by atoms with E-state index in [2.05, 4.69) is 29.4 Å². The molecule has 1 aromatic heterocycles. The van der Waals surface area contributed by atoms with Crippen LogP contribution in [0.1, 0.15) is 30.7 Å². The minimum absolute atomic E-state index is 0.334. The third-order valence-electron chi connectivity index (χ3n) is 2.69. The lowest BCUT2D eigenvalue weighted by Gasteiger charge is -2.13. The van der Waals surface area contributed by atoms with Gasteiger partial charge in [0.15, 0.2) is 5.82 Å². The van der Waals surface area contributed by atoms with E-state index in [-0.39, 0.29) is 0 Å². The number of ether oxygens (including phenoxy) is 1. The zero-order valence-corrected chi connectivity index (χ0v) is 12.8. The number of aryl methyl sites for hydroxylation is 1. The van der Waals surface area contributed by atoms with Crippen molar-refractivity contribution in [2.75, 3.05) is 25.1 Å². The summed E-state index contributed by atoms with van der Waals surface area (Å²) >= 11 is 5.07. The van der Waals surface area contributed by atoms with Gasteiger partial charge in [-0.3, -0.25) is 0 Å². The predicted octanol–water partition coefficient (Wildman–Crippen LogP) is 1.81. The third-order valence-corrected chi connectivity index (χ3v) is 2.90. The van der Waals surface area contributed by atoms with E-state index >= 15 is 0 Å². The molecule has 0 fully saturated rings. The van der Waals surface area contributed by atoms with Gasteiger partial charge in [-0.2, -0.15) is 5.10 Å². The van der Waals surface area contributed by atoms with Crippen LogP contribution in [0.4, 0.5) is 5.82 Å². The maximum atomic E-state index is 5.75. The molecule has 0 bridgehead atoms. The maximum Gasteiger partial charge on any atom is 0.159 e. The van der Waals surface area contributed by atoms with Crippen LogP contribution in [0.5, 0.6) is 0 Å². The lowest BCUT2D eigenvalue weighted by atomic mass is 10.1. The number of thiocarbonyl (C=S) groups is 1. The first kappa shape index (κ1) is 15.8. The molecule has 0 aliphatic carbocycles. The minimum atomic E-state index is 0.334. The van der Waals surface area contributed by atoms with E-state index < -0.39 is 0 Å². The molecule has 0 saturated carbocycles. The van der Waals surface area contributed by atoms with E-state index in [1.807, 2.05) is 13.8 Å². The quantitative estimate of drug-likeness (QED) is 0.587. The zero-order valence-electron chi connectivity index (χ0n) is 12.0. The second-order valence-corrected chi connectivity index (χ2v) is 5.33. The summed E-state index contributed by atoms with van der Waals surface area (Å²) in [5.74, 6) is 1.16. The molecule has 0 radical (unpaired) electrons. The van der Waals surface area contributed by atoms with E-state index in [9.17, 15) is 0 Å². The van der Waals surface area contributed by atoms with Gasteiger partial charge in [-0.05, 0) is 25.3 Å². The van der Waals surface area contributed by atoms with Crippen molar-refractivity contribution in [2.24, 2.45) is 11.7 Å². The van der Waals surface area contributed by atoms with Gasteiger partial charge in [0.05, 0.1) is 17.9 Å². The molecule has 106 valence electrons. The van der Waals surface area contributed by atoms with Crippen LogP contribution >= 0.6 is 12.2 Å². The molecule has 0 spiro atoms. The molecule has 0 unspecified atom stereocenters. The average Bonchev–Trinajstić information content (AvgIpc) is 2.32. The van der Waals surface area contributed by atoms with Crippen molar-refractivity contribution in [3.63, 3.8) is 0 Å². The van der Waals surface area contributed by atoms with Crippen LogP contribution in [-0.2, 0) is 4.74 Å². The smallest absolute Gasteiger partial charge is 0.159 e. The summed E-state index contributed by atoms with van der Waals surface area (Å²) in [6, 6.07) is 0. The van der Waals surface area contributed by atoms with Gasteiger partial charge >= 0.3 is 0 Å². The average molecular weight is 282 g/mol. The van der Waals surface area contributed by atoms with E-state index in [0.717, 1.165) is 23.4 Å². The first-order chi connectivity index (χ1) is 8.93. The van der Waals surface area contributed by atoms with Crippen LogP contribution in [0.2, 0.25) is 0 Å². The van der Waals surface area contributed by atoms with Crippen LogP contribution in [0.25, 0.3) is 0 Å². The largest absolute Gasteiger partial charge is 0.389 e. The Morgan fingerprint density at radius 1 is 1.37 bits per heavy atom. The maximum absolute atomic E-state index is 5.75. The Hall–Kier alpha value is -1.27. The standard InChI is InChI=1S/C13H22N4OS/c1-8(2)7-18-6-5-15-13-11(12(14)19)9(3)10(4)16-17-13/h8H,5-7H2,1-4H3,(H2,14,19)(H,15,17). The number of aromatic nitrogens is 2. The lowest BCUT2D eigenvalue weighted by molar-refractivity contribution is 0.118. The molecule has 6 heteroatoms. The fourth-order valence-corrected chi connectivity index (χ4v) is 1.84. The van der Waals surface area contributed by atoms with Crippen molar-refractivity contribution in [1.29, 1.82) is 0 Å². The summed E-state index contributed by atoms with van der Waals surface area (Å²) in [5.41, 5.74) is 8.32. The number of nitrogens with one attached hydrogen (secondary N) is 1. The van der Waals surface area contributed by atoms with Crippen LogP contribution < -0.4 is 11.1 Å². The van der Waals surface area contributed by atoms with E-state index in [0.29, 0.717) is 29.9 Å². The van der Waals surface area contributed by atoms with Gasteiger partial charge in [-0.15, -0.1) is 5.10 Å². The second kappa shape index (κ2) is 7.35. The van der Waals surface area contributed by atoms with E-state index in [4.69, 9.17) is 22.7 Å². The van der Waals surface area contributed by atoms with Crippen LogP contribution in [0.15, 0.2) is 0 Å². The number of hydrogen-bond acceptors (Lipinski definition) is 5. The van der Waals surface area contributed by atoms with Gasteiger partial charge in [0.2, 0.25) is 0 Å². The molecule has 0 amide bonds. The SMILES string of the molecule is Cc1nnc(NCCOCC(C)C)c(C(N)=S)c1C. The summed E-state index contributed by atoms with van der Waals surface area (Å²) in [6.07, 6.45) is 0. The number of hydrogen-bond donors (Lipinski definition) is 2. The first-order valence-electron chi connectivity index (χ1n) is 6.38. The Kier molecular flexibility index (Phi) is 6.11. The van der Waals surface area contributed by atoms with Crippen molar-refractivity contribution in [1.82, 2.24) is 10.2 Å². The number of nitrogens with two attached hydrogens (primary N) is 1. The molecule has 0 aliphatic heterocycles. The molecule has 0 atom stereocenters. The van der Waals surface area contributed by atoms with Crippen molar-refractivity contribution >= 4 is 23.0 Å². The summed E-state index contributed by atoms with van der Waals surface area (Å²) < 4.78 is 5.50. The fourth-order valence-electron chi connectivity index (χ4n) is 1.59. The molecule has 0 saturated heterocycles. The highest BCUT2D eigenvalue weighted by atomic mass is 32.1. The Balaban J connectivity index is 2.63. The topological polar surface area (TPSA) is 73.1 Å². The number of nitrogens with zero attached hydrogens (tertiary/aromatic N) is 2. The summed E-state index contributed by atoms with van der Waals surface area (Å²) in [6.45, 7) is 10.1. The molecule has 5 nitrogen and oxygen atoms in total. The second-order valence-electron chi connectivity index (χ2n) is 4.89. The molecule has 1 heterocycles. The van der Waals surface area contributed by atoms with Crippen LogP contribution in [0, 0.1) is 19.8 Å². The Labute approximate surface area is 119 Å². The van der Waals surface area contributed by atoms with Crippen LogP contribution in [-0.4, -0.2) is 34.9 Å². The van der Waals surface area contributed by atoms with E-state index in [1.165, 1.54) is 0 Å². The van der Waals surface area contributed by atoms with Gasteiger partial charge in [-0.1, -0.05) is 26.1 Å². The van der Waals surface area contributed by atoms with Crippen LogP contribution in [0.3, 0.4) is 0 Å². The molecule has 1 rings (SSSR count). The zero-order chi connectivity index (χ0) is 14.4. The Morgan fingerprint density at radius 2 is 2.05 bits per heavy atom. The highest BCUT2D eigenvalue weighted by molar-refractivity contribution is 7.80. The Morgan fingerprint density at radius 3 is 2.63 bits per heavy atom. The first-order valence-corrected chi connectivity index (χ1v) is 6.79. The molecule has 0 aliphatic rings. The van der Waals surface area contributed by atoms with Gasteiger partial charge in [0, 0.05) is 13.2 Å². The van der Waals surface area contributed by atoms with E-state index in [1.54, 1.807) is 0 Å². The summed E-state index contributed by atoms with van der Waals surface area (Å²) in [7, 11) is 0. The van der Waals surface area contributed by atoms with Crippen molar-refractivity contribution in [3.8, 4) is 0 Å². The van der Waals surface area contributed by atoms with Gasteiger partial charge in [0.25, 0.3) is 0 Å². The number of rotatable bonds is 7. The predicted molar refractivity (Wildman–Crippen MR) is 81.5 cm³/mol. The van der Waals surface area contributed by atoms with Gasteiger partial charge < -0.3 is 15.8 Å². The van der Waals surface area contributed by atoms with Crippen molar-refractivity contribution in [3.05, 3.63) is 16.8 Å². The highest BCUT2D eigenvalue weighted by Gasteiger charge is 2.13. The third kappa shape index (κ3) is 4.72. The van der Waals surface area contributed by atoms with Crippen molar-refractivity contribution < 1.29 is 4.74 Å². The monoisotopic (exact) mass is 282 g/mol. The van der Waals surface area contributed by atoms with Crippen molar-refractivity contribution in [2.45, 2.75) is 27.7 Å². The summed E-state index contributed by atoms with van der Waals surface area (Å²) in [4.78, 5) is 0.334. The molecule has 1 aromatic rings. The van der Waals surface area contributed by atoms with Gasteiger partial charge in [-0.25, -0.2) is 0 Å². The van der Waals surface area contributed by atoms with Gasteiger partial charge in [0.1, 0.15) is 4.99 Å². The number of anilines is 1. The molecule has 19 heavy (non-hydrogen) atoms. The molecule has 3 N–H and O–H groups in total. The molecular weight excluding hydrogens is 260 g/mol. The molecular formula is C13H22N4OS. The summed E-state index contributed by atoms with van der Waals surface area (Å²) in [5, 5.41) is 11.4. The lowest BCUT2D eigenvalue weighted by Crippen LogP contribution is -2.20. The molecule has 0 aromatic carbocycles. The Bertz CT molecular complexity index is 449. The minimum Gasteiger partial charge on any atom is -0.389 e. The normalized spacial score (nSPS) is 10.8. The highest BCUT2D eigenvalue weighted by Crippen LogP contribution is 2.17.